The molecule has 3 nitrogen and oxygen atoms in total. The fourth-order valence-corrected chi connectivity index (χ4v) is 2.18. The van der Waals surface area contributed by atoms with E-state index >= 15 is 0 Å². The maximum atomic E-state index is 6.29. The highest BCUT2D eigenvalue weighted by Gasteiger charge is 2.27. The molecule has 1 atom stereocenters. The van der Waals surface area contributed by atoms with Crippen molar-refractivity contribution >= 4 is 0 Å². The van der Waals surface area contributed by atoms with E-state index in [0.29, 0.717) is 19.1 Å². The Morgan fingerprint density at radius 2 is 2.06 bits per heavy atom. The van der Waals surface area contributed by atoms with Gasteiger partial charge >= 0.3 is 0 Å². The largest absolute Gasteiger partial charge is 0.491 e. The summed E-state index contributed by atoms with van der Waals surface area (Å²) in [5.74, 6) is 1.53. The molecule has 1 aliphatic rings. The molecule has 17 heavy (non-hydrogen) atoms. The van der Waals surface area contributed by atoms with Crippen molar-refractivity contribution in [2.45, 2.75) is 25.3 Å². The molecule has 0 heterocycles. The topological polar surface area (TPSA) is 44.5 Å². The molecule has 1 fully saturated rings. The summed E-state index contributed by atoms with van der Waals surface area (Å²) in [7, 11) is 1.68. The van der Waals surface area contributed by atoms with E-state index in [-0.39, 0.29) is 6.04 Å². The van der Waals surface area contributed by atoms with Crippen molar-refractivity contribution in [1.29, 1.82) is 0 Å². The SMILES string of the molecule is COCCOc1ccccc1C(N)C1CCC1. The number of methoxy groups -OCH3 is 1. The van der Waals surface area contributed by atoms with Crippen LogP contribution < -0.4 is 10.5 Å². The Labute approximate surface area is 103 Å². The molecule has 2 rings (SSSR count). The number of benzene rings is 1. The van der Waals surface area contributed by atoms with Gasteiger partial charge in [0.2, 0.25) is 0 Å². The van der Waals surface area contributed by atoms with Crippen LogP contribution in [-0.4, -0.2) is 20.3 Å². The van der Waals surface area contributed by atoms with E-state index in [4.69, 9.17) is 15.2 Å². The lowest BCUT2D eigenvalue weighted by atomic mass is 9.77. The second-order valence-electron chi connectivity index (χ2n) is 4.60. The Morgan fingerprint density at radius 1 is 1.29 bits per heavy atom. The standard InChI is InChI=1S/C14H21NO2/c1-16-9-10-17-13-8-3-2-7-12(13)14(15)11-5-4-6-11/h2-3,7-8,11,14H,4-6,9-10,15H2,1H3. The lowest BCUT2D eigenvalue weighted by Gasteiger charge is -2.32. The van der Waals surface area contributed by atoms with Gasteiger partial charge in [0.05, 0.1) is 6.61 Å². The van der Waals surface area contributed by atoms with Crippen LogP contribution in [-0.2, 0) is 4.74 Å². The summed E-state index contributed by atoms with van der Waals surface area (Å²) < 4.78 is 10.7. The van der Waals surface area contributed by atoms with Gasteiger partial charge in [-0.1, -0.05) is 24.6 Å². The maximum absolute atomic E-state index is 6.29. The third-order valence-corrected chi connectivity index (χ3v) is 3.48. The van der Waals surface area contributed by atoms with E-state index in [1.54, 1.807) is 7.11 Å². The molecule has 0 amide bonds. The molecule has 2 N–H and O–H groups in total. The Balaban J connectivity index is 2.03. The van der Waals surface area contributed by atoms with Crippen molar-refractivity contribution in [3.63, 3.8) is 0 Å². The predicted octanol–water partition coefficient (Wildman–Crippen LogP) is 2.51. The molecule has 0 aliphatic heterocycles. The number of hydrogen-bond donors (Lipinski definition) is 1. The number of para-hydroxylation sites is 1. The maximum Gasteiger partial charge on any atom is 0.124 e. The van der Waals surface area contributed by atoms with E-state index in [1.165, 1.54) is 19.3 Å². The van der Waals surface area contributed by atoms with Crippen molar-refractivity contribution in [3.05, 3.63) is 29.8 Å². The van der Waals surface area contributed by atoms with Crippen molar-refractivity contribution in [2.75, 3.05) is 20.3 Å². The van der Waals surface area contributed by atoms with Gasteiger partial charge in [0.25, 0.3) is 0 Å². The fourth-order valence-electron chi connectivity index (χ4n) is 2.18. The van der Waals surface area contributed by atoms with Crippen LogP contribution in [0.5, 0.6) is 5.75 Å². The first kappa shape index (κ1) is 12.4. The minimum absolute atomic E-state index is 0.113. The third kappa shape index (κ3) is 2.99. The first-order valence-corrected chi connectivity index (χ1v) is 6.29. The van der Waals surface area contributed by atoms with Gasteiger partial charge in [-0.25, -0.2) is 0 Å². The van der Waals surface area contributed by atoms with Gasteiger partial charge < -0.3 is 15.2 Å². The van der Waals surface area contributed by atoms with E-state index < -0.39 is 0 Å². The Kier molecular flexibility index (Phi) is 4.40. The molecule has 0 spiro atoms. The lowest BCUT2D eigenvalue weighted by molar-refractivity contribution is 0.144. The van der Waals surface area contributed by atoms with Gasteiger partial charge in [-0.05, 0) is 24.8 Å². The Morgan fingerprint density at radius 3 is 2.71 bits per heavy atom. The van der Waals surface area contributed by atoms with Crippen molar-refractivity contribution in [3.8, 4) is 5.75 Å². The molecule has 3 heteroatoms. The van der Waals surface area contributed by atoms with Gasteiger partial charge in [-0.3, -0.25) is 0 Å². The molecule has 1 aromatic rings. The first-order chi connectivity index (χ1) is 8.33. The average molecular weight is 235 g/mol. The van der Waals surface area contributed by atoms with Gasteiger partial charge in [-0.15, -0.1) is 0 Å². The van der Waals surface area contributed by atoms with Gasteiger partial charge in [0, 0.05) is 18.7 Å². The van der Waals surface area contributed by atoms with Crippen LogP contribution >= 0.6 is 0 Å². The third-order valence-electron chi connectivity index (χ3n) is 3.48. The molecular weight excluding hydrogens is 214 g/mol. The van der Waals surface area contributed by atoms with Gasteiger partial charge in [0.1, 0.15) is 12.4 Å². The van der Waals surface area contributed by atoms with Crippen LogP contribution in [0.3, 0.4) is 0 Å². The van der Waals surface area contributed by atoms with E-state index in [1.807, 2.05) is 18.2 Å². The number of rotatable bonds is 6. The molecule has 1 unspecified atom stereocenters. The van der Waals surface area contributed by atoms with Crippen LogP contribution in [0.25, 0.3) is 0 Å². The van der Waals surface area contributed by atoms with Crippen molar-refractivity contribution in [1.82, 2.24) is 0 Å². The van der Waals surface area contributed by atoms with E-state index in [0.717, 1.165) is 11.3 Å². The summed E-state index contributed by atoms with van der Waals surface area (Å²) in [5.41, 5.74) is 7.43. The van der Waals surface area contributed by atoms with Crippen LogP contribution in [0.1, 0.15) is 30.9 Å². The van der Waals surface area contributed by atoms with Crippen LogP contribution in [0.15, 0.2) is 24.3 Å². The highest BCUT2D eigenvalue weighted by Crippen LogP contribution is 2.38. The zero-order chi connectivity index (χ0) is 12.1. The Hall–Kier alpha value is -1.06. The second kappa shape index (κ2) is 6.03. The summed E-state index contributed by atoms with van der Waals surface area (Å²) in [6, 6.07) is 8.19. The highest BCUT2D eigenvalue weighted by atomic mass is 16.5. The minimum atomic E-state index is 0.113. The molecule has 0 radical (unpaired) electrons. The molecule has 0 aromatic heterocycles. The predicted molar refractivity (Wildman–Crippen MR) is 68.1 cm³/mol. The monoisotopic (exact) mass is 235 g/mol. The fraction of sp³-hybridized carbons (Fsp3) is 0.571. The summed E-state index contributed by atoms with van der Waals surface area (Å²) in [6.45, 7) is 1.18. The van der Waals surface area contributed by atoms with Gasteiger partial charge in [0.15, 0.2) is 0 Å². The number of nitrogens with two attached hydrogens (primary N) is 1. The first-order valence-electron chi connectivity index (χ1n) is 6.29. The molecule has 1 aliphatic carbocycles. The lowest BCUT2D eigenvalue weighted by Crippen LogP contribution is -2.27. The number of ether oxygens (including phenoxy) is 2. The summed E-state index contributed by atoms with van der Waals surface area (Å²) in [6.07, 6.45) is 3.80. The molecule has 94 valence electrons. The van der Waals surface area contributed by atoms with E-state index in [9.17, 15) is 0 Å². The minimum Gasteiger partial charge on any atom is -0.491 e. The zero-order valence-electron chi connectivity index (χ0n) is 10.4. The average Bonchev–Trinajstić information content (AvgIpc) is 2.27. The summed E-state index contributed by atoms with van der Waals surface area (Å²) in [4.78, 5) is 0. The zero-order valence-corrected chi connectivity index (χ0v) is 10.4. The number of hydrogen-bond acceptors (Lipinski definition) is 3. The van der Waals surface area contributed by atoms with E-state index in [2.05, 4.69) is 6.07 Å². The molecule has 1 aromatic carbocycles. The normalized spacial score (nSPS) is 17.5. The molecular formula is C14H21NO2. The smallest absolute Gasteiger partial charge is 0.124 e. The van der Waals surface area contributed by atoms with Crippen molar-refractivity contribution < 1.29 is 9.47 Å². The second-order valence-corrected chi connectivity index (χ2v) is 4.60. The van der Waals surface area contributed by atoms with Gasteiger partial charge in [-0.2, -0.15) is 0 Å². The van der Waals surface area contributed by atoms with Crippen LogP contribution in [0.4, 0.5) is 0 Å². The molecule has 1 saturated carbocycles. The molecule has 0 bridgehead atoms. The highest BCUT2D eigenvalue weighted by molar-refractivity contribution is 5.36. The summed E-state index contributed by atoms with van der Waals surface area (Å²) >= 11 is 0. The van der Waals surface area contributed by atoms with Crippen LogP contribution in [0.2, 0.25) is 0 Å². The van der Waals surface area contributed by atoms with Crippen LogP contribution in [0, 0.1) is 5.92 Å². The Bertz CT molecular complexity index is 350. The molecule has 0 saturated heterocycles. The van der Waals surface area contributed by atoms with Crippen molar-refractivity contribution in [2.24, 2.45) is 11.7 Å². The quantitative estimate of drug-likeness (QED) is 0.770. The summed E-state index contributed by atoms with van der Waals surface area (Å²) in [5, 5.41) is 0.